The number of hydrogen-bond donors (Lipinski definition) is 0. The fraction of sp³-hybridized carbons (Fsp3) is 0.562. The summed E-state index contributed by atoms with van der Waals surface area (Å²) in [5.74, 6) is 0.954. The van der Waals surface area contributed by atoms with Crippen LogP contribution in [-0.2, 0) is 9.53 Å². The van der Waals surface area contributed by atoms with E-state index in [9.17, 15) is 4.79 Å². The number of carbonyl (C=O) groups is 1. The molecule has 1 spiro atoms. The Balaban J connectivity index is 1.66. The molecule has 1 aromatic carbocycles. The Kier molecular flexibility index (Phi) is 3.32. The SMILES string of the molecule is CCOC(=O)C1CCC2(CC1)Oc1ccc(C)cc1O2. The van der Waals surface area contributed by atoms with Gasteiger partial charge in [-0.2, -0.15) is 0 Å². The zero-order chi connectivity index (χ0) is 14.2. The highest BCUT2D eigenvalue weighted by molar-refractivity contribution is 5.72. The van der Waals surface area contributed by atoms with Crippen molar-refractivity contribution in [3.63, 3.8) is 0 Å². The van der Waals surface area contributed by atoms with Gasteiger partial charge in [-0.15, -0.1) is 0 Å². The van der Waals surface area contributed by atoms with Crippen LogP contribution < -0.4 is 9.47 Å². The summed E-state index contributed by atoms with van der Waals surface area (Å²) in [6.45, 7) is 4.31. The van der Waals surface area contributed by atoms with Gasteiger partial charge in [-0.3, -0.25) is 4.79 Å². The molecular formula is C16H20O4. The number of aryl methyl sites for hydroxylation is 1. The summed E-state index contributed by atoms with van der Waals surface area (Å²) < 4.78 is 17.1. The van der Waals surface area contributed by atoms with Gasteiger partial charge in [-0.05, 0) is 44.4 Å². The monoisotopic (exact) mass is 276 g/mol. The number of benzene rings is 1. The highest BCUT2D eigenvalue weighted by atomic mass is 16.7. The van der Waals surface area contributed by atoms with E-state index in [1.807, 2.05) is 32.0 Å². The molecule has 0 saturated heterocycles. The minimum atomic E-state index is -0.570. The third-order valence-corrected chi connectivity index (χ3v) is 4.06. The van der Waals surface area contributed by atoms with Gasteiger partial charge in [0.15, 0.2) is 11.5 Å². The highest BCUT2D eigenvalue weighted by Gasteiger charge is 2.46. The first-order valence-electron chi connectivity index (χ1n) is 7.27. The minimum absolute atomic E-state index is 0.0155. The summed E-state index contributed by atoms with van der Waals surface area (Å²) in [6.07, 6.45) is 2.96. The van der Waals surface area contributed by atoms with Crippen LogP contribution >= 0.6 is 0 Å². The quantitative estimate of drug-likeness (QED) is 0.778. The average molecular weight is 276 g/mol. The molecule has 1 aliphatic carbocycles. The molecule has 108 valence electrons. The van der Waals surface area contributed by atoms with E-state index in [-0.39, 0.29) is 11.9 Å². The van der Waals surface area contributed by atoms with Crippen LogP contribution in [0.1, 0.15) is 38.2 Å². The summed E-state index contributed by atoms with van der Waals surface area (Å²) in [4.78, 5) is 11.8. The highest BCUT2D eigenvalue weighted by Crippen LogP contribution is 2.46. The molecular weight excluding hydrogens is 256 g/mol. The Labute approximate surface area is 119 Å². The van der Waals surface area contributed by atoms with Gasteiger partial charge < -0.3 is 14.2 Å². The van der Waals surface area contributed by atoms with Crippen molar-refractivity contribution < 1.29 is 19.0 Å². The molecule has 0 aromatic heterocycles. The molecule has 3 rings (SSSR count). The summed E-state index contributed by atoms with van der Waals surface area (Å²) in [6, 6.07) is 5.98. The molecule has 4 nitrogen and oxygen atoms in total. The topological polar surface area (TPSA) is 44.8 Å². The molecule has 4 heteroatoms. The predicted molar refractivity (Wildman–Crippen MR) is 73.8 cm³/mol. The standard InChI is InChI=1S/C16H20O4/c1-3-18-15(17)12-6-8-16(9-7-12)19-13-5-4-11(2)10-14(13)20-16/h4-5,10,12H,3,6-9H2,1-2H3. The van der Waals surface area contributed by atoms with Crippen molar-refractivity contribution >= 4 is 5.97 Å². The maximum atomic E-state index is 11.8. The van der Waals surface area contributed by atoms with E-state index in [1.54, 1.807) is 0 Å². The molecule has 0 amide bonds. The van der Waals surface area contributed by atoms with Crippen LogP contribution in [-0.4, -0.2) is 18.4 Å². The van der Waals surface area contributed by atoms with Gasteiger partial charge in [0.05, 0.1) is 12.5 Å². The van der Waals surface area contributed by atoms with Gasteiger partial charge in [-0.25, -0.2) is 0 Å². The Morgan fingerprint density at radius 1 is 1.30 bits per heavy atom. The van der Waals surface area contributed by atoms with Crippen LogP contribution in [0.15, 0.2) is 18.2 Å². The molecule has 1 aromatic rings. The van der Waals surface area contributed by atoms with Crippen LogP contribution in [0.25, 0.3) is 0 Å². The maximum Gasteiger partial charge on any atom is 0.308 e. The van der Waals surface area contributed by atoms with Crippen LogP contribution in [0, 0.1) is 12.8 Å². The lowest BCUT2D eigenvalue weighted by Gasteiger charge is -2.34. The van der Waals surface area contributed by atoms with Crippen molar-refractivity contribution in [2.24, 2.45) is 5.92 Å². The third-order valence-electron chi connectivity index (χ3n) is 4.06. The number of ether oxygens (including phenoxy) is 3. The van der Waals surface area contributed by atoms with Crippen molar-refractivity contribution in [1.29, 1.82) is 0 Å². The summed E-state index contributed by atoms with van der Waals surface area (Å²) in [5, 5.41) is 0. The van der Waals surface area contributed by atoms with Crippen molar-refractivity contribution in [3.05, 3.63) is 23.8 Å². The summed E-state index contributed by atoms with van der Waals surface area (Å²) >= 11 is 0. The van der Waals surface area contributed by atoms with Crippen LogP contribution in [0.4, 0.5) is 0 Å². The van der Waals surface area contributed by atoms with Crippen LogP contribution in [0.2, 0.25) is 0 Å². The molecule has 0 unspecified atom stereocenters. The van der Waals surface area contributed by atoms with Gasteiger partial charge in [0.25, 0.3) is 5.79 Å². The second kappa shape index (κ2) is 5.00. The van der Waals surface area contributed by atoms with E-state index in [0.717, 1.165) is 42.7 Å². The van der Waals surface area contributed by atoms with Gasteiger partial charge in [0, 0.05) is 12.8 Å². The van der Waals surface area contributed by atoms with Gasteiger partial charge in [0.2, 0.25) is 0 Å². The molecule has 0 radical (unpaired) electrons. The van der Waals surface area contributed by atoms with Gasteiger partial charge in [-0.1, -0.05) is 6.07 Å². The molecule has 0 N–H and O–H groups in total. The summed E-state index contributed by atoms with van der Waals surface area (Å²) in [5.41, 5.74) is 1.16. The molecule has 1 saturated carbocycles. The second-order valence-electron chi connectivity index (χ2n) is 5.59. The number of rotatable bonds is 2. The van der Waals surface area contributed by atoms with E-state index >= 15 is 0 Å². The Hall–Kier alpha value is -1.71. The molecule has 0 bridgehead atoms. The normalized spacial score (nSPS) is 27.6. The Morgan fingerprint density at radius 2 is 2.00 bits per heavy atom. The zero-order valence-electron chi connectivity index (χ0n) is 12.0. The van der Waals surface area contributed by atoms with E-state index in [1.165, 1.54) is 0 Å². The molecule has 20 heavy (non-hydrogen) atoms. The molecule has 2 aliphatic rings. The first-order valence-corrected chi connectivity index (χ1v) is 7.27. The zero-order valence-corrected chi connectivity index (χ0v) is 12.0. The van der Waals surface area contributed by atoms with Crippen molar-refractivity contribution in [2.45, 2.75) is 45.3 Å². The fourth-order valence-corrected chi connectivity index (χ4v) is 2.96. The Morgan fingerprint density at radius 3 is 2.70 bits per heavy atom. The predicted octanol–water partition coefficient (Wildman–Crippen LogP) is 3.22. The first kappa shape index (κ1) is 13.3. The molecule has 0 atom stereocenters. The lowest BCUT2D eigenvalue weighted by Crippen LogP contribution is -2.43. The van der Waals surface area contributed by atoms with Gasteiger partial charge in [0.1, 0.15) is 0 Å². The van der Waals surface area contributed by atoms with Crippen LogP contribution in [0.5, 0.6) is 11.5 Å². The number of hydrogen-bond acceptors (Lipinski definition) is 4. The smallest absolute Gasteiger partial charge is 0.308 e. The van der Waals surface area contributed by atoms with Gasteiger partial charge >= 0.3 is 5.97 Å². The average Bonchev–Trinajstić information content (AvgIpc) is 2.76. The molecule has 1 aliphatic heterocycles. The number of esters is 1. The minimum Gasteiger partial charge on any atom is -0.466 e. The molecule has 1 fully saturated rings. The van der Waals surface area contributed by atoms with Crippen molar-refractivity contribution in [3.8, 4) is 11.5 Å². The fourth-order valence-electron chi connectivity index (χ4n) is 2.96. The summed E-state index contributed by atoms with van der Waals surface area (Å²) in [7, 11) is 0. The van der Waals surface area contributed by atoms with Crippen molar-refractivity contribution in [1.82, 2.24) is 0 Å². The largest absolute Gasteiger partial charge is 0.466 e. The lowest BCUT2D eigenvalue weighted by atomic mass is 9.85. The van der Waals surface area contributed by atoms with E-state index in [0.29, 0.717) is 6.61 Å². The van der Waals surface area contributed by atoms with E-state index < -0.39 is 5.79 Å². The van der Waals surface area contributed by atoms with E-state index in [4.69, 9.17) is 14.2 Å². The lowest BCUT2D eigenvalue weighted by molar-refractivity contribution is -0.156. The van der Waals surface area contributed by atoms with Crippen molar-refractivity contribution in [2.75, 3.05) is 6.61 Å². The van der Waals surface area contributed by atoms with E-state index in [2.05, 4.69) is 0 Å². The second-order valence-corrected chi connectivity index (χ2v) is 5.59. The number of carbonyl (C=O) groups excluding carboxylic acids is 1. The van der Waals surface area contributed by atoms with Crippen LogP contribution in [0.3, 0.4) is 0 Å². The maximum absolute atomic E-state index is 11.8. The third kappa shape index (κ3) is 2.35. The number of fused-ring (bicyclic) bond motifs is 1. The Bertz CT molecular complexity index is 515. The molecule has 1 heterocycles. The first-order chi connectivity index (χ1) is 9.62.